The van der Waals surface area contributed by atoms with Gasteiger partial charge < -0.3 is 20.3 Å². The van der Waals surface area contributed by atoms with Crippen LogP contribution < -0.4 is 15.5 Å². The van der Waals surface area contributed by atoms with Crippen LogP contribution >= 0.6 is 22.7 Å². The molecule has 0 aliphatic rings. The molecule has 0 saturated heterocycles. The first-order valence-electron chi connectivity index (χ1n) is 10.4. The highest BCUT2D eigenvalue weighted by atomic mass is 32.2. The van der Waals surface area contributed by atoms with Gasteiger partial charge in [-0.15, -0.1) is 22.7 Å². The zero-order valence-corrected chi connectivity index (χ0v) is 21.8. The zero-order chi connectivity index (χ0) is 24.6. The number of aromatic nitrogens is 2. The Bertz CT molecular complexity index is 1210. The van der Waals surface area contributed by atoms with Crippen LogP contribution in [0.5, 0.6) is 5.75 Å². The molecule has 0 aliphatic heterocycles. The van der Waals surface area contributed by atoms with Crippen LogP contribution in [0.2, 0.25) is 0 Å². The first kappa shape index (κ1) is 25.3. The number of thiophene rings is 2. The number of hydrogen-bond donors (Lipinski definition) is 3. The molecule has 0 fully saturated rings. The maximum atomic E-state index is 12.8. The lowest BCUT2D eigenvalue weighted by Gasteiger charge is -2.30. The molecule has 0 spiro atoms. The first-order chi connectivity index (χ1) is 15.4. The molecule has 10 nitrogen and oxygen atoms in total. The van der Waals surface area contributed by atoms with Crippen LogP contribution in [0, 0.1) is 17.5 Å². The van der Waals surface area contributed by atoms with E-state index in [2.05, 4.69) is 36.6 Å². The van der Waals surface area contributed by atoms with Gasteiger partial charge in [-0.3, -0.25) is 5.32 Å². The van der Waals surface area contributed by atoms with Crippen molar-refractivity contribution in [1.82, 2.24) is 9.46 Å². The number of aromatic hydroxyl groups is 1. The summed E-state index contributed by atoms with van der Waals surface area (Å²) in [4.78, 5) is 2.40. The normalized spacial score (nSPS) is 13.4. The van der Waals surface area contributed by atoms with Crippen molar-refractivity contribution in [2.75, 3.05) is 23.7 Å². The van der Waals surface area contributed by atoms with Crippen LogP contribution in [-0.4, -0.2) is 36.1 Å². The summed E-state index contributed by atoms with van der Waals surface area (Å²) in [6.45, 7) is 12.2. The molecule has 182 valence electrons. The molecule has 3 aromatic rings. The van der Waals surface area contributed by atoms with Crippen molar-refractivity contribution >= 4 is 50.0 Å². The number of anilines is 3. The van der Waals surface area contributed by atoms with Crippen molar-refractivity contribution in [3.63, 3.8) is 0 Å². The molecule has 0 radical (unpaired) electrons. The molecule has 33 heavy (non-hydrogen) atoms. The molecular weight excluding hydrogens is 486 g/mol. The van der Waals surface area contributed by atoms with Crippen LogP contribution in [0.4, 0.5) is 17.3 Å². The Morgan fingerprint density at radius 1 is 1.30 bits per heavy atom. The third kappa shape index (κ3) is 5.10. The first-order valence-corrected chi connectivity index (χ1v) is 13.5. The molecule has 3 heterocycles. The Labute approximate surface area is 201 Å². The fourth-order valence-electron chi connectivity index (χ4n) is 3.32. The average molecular weight is 516 g/mol. The third-order valence-electron chi connectivity index (χ3n) is 5.07. The van der Waals surface area contributed by atoms with Gasteiger partial charge in [-0.2, -0.15) is 4.31 Å². The number of sulfonamides is 1. The van der Waals surface area contributed by atoms with Gasteiger partial charge in [-0.25, -0.2) is 8.42 Å². The lowest BCUT2D eigenvalue weighted by atomic mass is 9.86. The van der Waals surface area contributed by atoms with Crippen molar-refractivity contribution in [2.45, 2.75) is 51.8 Å². The molecule has 0 unspecified atom stereocenters. The molecule has 0 saturated carbocycles. The van der Waals surface area contributed by atoms with E-state index in [-0.39, 0.29) is 51.0 Å². The molecule has 3 N–H and O–H groups in total. The van der Waals surface area contributed by atoms with Gasteiger partial charge in [-0.05, 0) is 29.6 Å². The average Bonchev–Trinajstić information content (AvgIpc) is 3.41. The summed E-state index contributed by atoms with van der Waals surface area (Å²) in [5, 5.41) is 34.3. The minimum absolute atomic E-state index is 0.0702. The van der Waals surface area contributed by atoms with Gasteiger partial charge in [-0.1, -0.05) is 39.5 Å². The maximum Gasteiger partial charge on any atom is 0.324 e. The second kappa shape index (κ2) is 9.49. The fourth-order valence-corrected chi connectivity index (χ4v) is 7.33. The second-order valence-corrected chi connectivity index (χ2v) is 12.9. The summed E-state index contributed by atoms with van der Waals surface area (Å²) >= 11 is 2.51. The number of aryl methyl sites for hydroxylation is 1. The predicted octanol–water partition coefficient (Wildman–Crippen LogP) is 4.42. The topological polar surface area (TPSA) is 135 Å². The highest BCUT2D eigenvalue weighted by Gasteiger charge is 2.33. The molecule has 0 aliphatic carbocycles. The van der Waals surface area contributed by atoms with Gasteiger partial charge in [0, 0.05) is 28.2 Å². The number of nitrogens with one attached hydrogen (secondary N) is 2. The van der Waals surface area contributed by atoms with Crippen molar-refractivity contribution in [1.29, 1.82) is 0 Å². The van der Waals surface area contributed by atoms with Gasteiger partial charge in [0.15, 0.2) is 15.6 Å². The van der Waals surface area contributed by atoms with Gasteiger partial charge in [0.1, 0.15) is 0 Å². The molecule has 0 aromatic carbocycles. The van der Waals surface area contributed by atoms with E-state index in [1.807, 2.05) is 19.1 Å². The predicted molar refractivity (Wildman–Crippen MR) is 130 cm³/mol. The fraction of sp³-hybridized carbons (Fsp3) is 0.500. The Hall–Kier alpha value is -2.35. The summed E-state index contributed by atoms with van der Waals surface area (Å²) in [5.74, 6) is -0.396. The van der Waals surface area contributed by atoms with E-state index < -0.39 is 15.8 Å². The van der Waals surface area contributed by atoms with E-state index in [9.17, 15) is 18.7 Å². The summed E-state index contributed by atoms with van der Waals surface area (Å²) in [5.41, 5.74) is -0.155. The molecule has 0 amide bonds. The Kier molecular flexibility index (Phi) is 7.27. The molecule has 13 heteroatoms. The van der Waals surface area contributed by atoms with Crippen LogP contribution in [0.25, 0.3) is 0 Å². The van der Waals surface area contributed by atoms with E-state index in [1.54, 1.807) is 25.2 Å². The summed E-state index contributed by atoms with van der Waals surface area (Å²) < 4.78 is 31.5. The van der Waals surface area contributed by atoms with Crippen molar-refractivity contribution in [3.05, 3.63) is 32.5 Å². The molecule has 1 atom stereocenters. The highest BCUT2D eigenvalue weighted by molar-refractivity contribution is 7.91. The number of nitrogens with zero attached hydrogens (tertiary/aromatic N) is 3. The number of hydrogen-bond acceptors (Lipinski definition) is 10. The van der Waals surface area contributed by atoms with Crippen LogP contribution in [0.3, 0.4) is 0 Å². The smallest absolute Gasteiger partial charge is 0.324 e. The minimum Gasteiger partial charge on any atom is -0.503 e. The number of rotatable bonds is 9. The zero-order valence-electron chi connectivity index (χ0n) is 19.4. The largest absolute Gasteiger partial charge is 0.503 e. The lowest BCUT2D eigenvalue weighted by molar-refractivity contribution is -0.790. The van der Waals surface area contributed by atoms with Crippen LogP contribution in [0.15, 0.2) is 26.4 Å². The molecule has 3 rings (SSSR count). The molecule has 3 aromatic heterocycles. The molecule has 0 bridgehead atoms. The van der Waals surface area contributed by atoms with Gasteiger partial charge in [0.25, 0.3) is 15.8 Å². The van der Waals surface area contributed by atoms with Gasteiger partial charge >= 0.3 is 5.82 Å². The standard InChI is InChI=1S/C20H29N5O5S3/c1-7-24(8-2)33(28,29)19-15(26)13(11-31-19)21-18-17(23-30-25(18)27)22-16(20(4,5)6)14-10-9-12(3)32-14/h9-11,16,21,26H,7-8H2,1-6H3,(H,22,23)/t16-/m0/s1. The maximum absolute atomic E-state index is 12.8. The van der Waals surface area contributed by atoms with Crippen molar-refractivity contribution in [2.24, 2.45) is 5.41 Å². The van der Waals surface area contributed by atoms with Crippen LogP contribution in [-0.2, 0) is 10.0 Å². The summed E-state index contributed by atoms with van der Waals surface area (Å²) in [7, 11) is -3.86. The Morgan fingerprint density at radius 2 is 1.97 bits per heavy atom. The summed E-state index contributed by atoms with van der Waals surface area (Å²) in [6, 6.07) is 3.87. The monoisotopic (exact) mass is 515 g/mol. The quantitative estimate of drug-likeness (QED) is 0.357. The SMILES string of the molecule is CCN(CC)S(=O)(=O)c1scc(Nc2c(N[C@@H](c3ccc(C)s3)C(C)(C)C)no[n+]2[O-])c1O. The summed E-state index contributed by atoms with van der Waals surface area (Å²) in [6.07, 6.45) is 0. The van der Waals surface area contributed by atoms with Gasteiger partial charge in [0.2, 0.25) is 0 Å². The highest BCUT2D eigenvalue weighted by Crippen LogP contribution is 2.42. The van der Waals surface area contributed by atoms with Crippen molar-refractivity contribution < 1.29 is 23.1 Å². The molecular formula is C20H29N5O5S3. The third-order valence-corrected chi connectivity index (χ3v) is 9.68. The van der Waals surface area contributed by atoms with E-state index in [1.165, 1.54) is 9.69 Å². The van der Waals surface area contributed by atoms with Gasteiger partial charge in [0.05, 0.1) is 6.04 Å². The Morgan fingerprint density at radius 3 is 2.52 bits per heavy atom. The Balaban J connectivity index is 1.93. The van der Waals surface area contributed by atoms with Crippen molar-refractivity contribution in [3.8, 4) is 5.75 Å². The van der Waals surface area contributed by atoms with Crippen LogP contribution in [0.1, 0.15) is 50.4 Å². The van der Waals surface area contributed by atoms with E-state index >= 15 is 0 Å². The second-order valence-electron chi connectivity index (χ2n) is 8.52. The van der Waals surface area contributed by atoms with E-state index in [0.29, 0.717) is 0 Å². The van der Waals surface area contributed by atoms with E-state index in [4.69, 9.17) is 4.63 Å². The van der Waals surface area contributed by atoms with E-state index in [0.717, 1.165) is 21.1 Å². The minimum atomic E-state index is -3.86. The lowest BCUT2D eigenvalue weighted by Crippen LogP contribution is -2.30.